The molecule has 0 saturated carbocycles. The van der Waals surface area contributed by atoms with Crippen molar-refractivity contribution in [2.24, 2.45) is 7.05 Å². The normalized spacial score (nSPS) is 13.3. The molecule has 3 rings (SSSR count). The minimum absolute atomic E-state index is 0.0986. The largest absolute Gasteiger partial charge is 0.310 e. The van der Waals surface area contributed by atoms with E-state index in [0.29, 0.717) is 11.0 Å². The lowest BCUT2D eigenvalue weighted by Gasteiger charge is -2.16. The van der Waals surface area contributed by atoms with Gasteiger partial charge < -0.3 is 9.88 Å². The number of hydrogen-bond acceptors (Lipinski definition) is 6. The lowest BCUT2D eigenvalue weighted by atomic mass is 10.2. The van der Waals surface area contributed by atoms with Crippen LogP contribution in [0.2, 0.25) is 0 Å². The summed E-state index contributed by atoms with van der Waals surface area (Å²) in [6.07, 6.45) is 6.06. The zero-order valence-corrected chi connectivity index (χ0v) is 16.6. The Labute approximate surface area is 162 Å². The first-order chi connectivity index (χ1) is 13.0. The first-order valence-electron chi connectivity index (χ1n) is 8.82. The average Bonchev–Trinajstić information content (AvgIpc) is 3.29. The highest BCUT2D eigenvalue weighted by Gasteiger charge is 2.21. The van der Waals surface area contributed by atoms with Gasteiger partial charge in [0.05, 0.1) is 17.5 Å². The van der Waals surface area contributed by atoms with Gasteiger partial charge in [-0.1, -0.05) is 18.7 Å². The molecule has 0 fully saturated rings. The molecule has 142 valence electrons. The molecule has 0 aliphatic heterocycles. The molecule has 3 aromatic rings. The molecule has 2 atom stereocenters. The molecule has 3 aromatic heterocycles. The van der Waals surface area contributed by atoms with E-state index >= 15 is 0 Å². The van der Waals surface area contributed by atoms with E-state index in [1.807, 2.05) is 41.4 Å². The van der Waals surface area contributed by atoms with E-state index in [1.54, 1.807) is 18.6 Å². The minimum Gasteiger partial charge on any atom is -0.310 e. The third kappa shape index (κ3) is 4.19. The van der Waals surface area contributed by atoms with Gasteiger partial charge in [-0.2, -0.15) is 5.10 Å². The fraction of sp³-hybridized carbons (Fsp3) is 0.389. The number of carbonyl (C=O) groups excluding carboxylic acids is 1. The van der Waals surface area contributed by atoms with E-state index < -0.39 is 0 Å². The maximum atomic E-state index is 12.6. The maximum Gasteiger partial charge on any atom is 0.238 e. The van der Waals surface area contributed by atoms with E-state index in [-0.39, 0.29) is 17.2 Å². The van der Waals surface area contributed by atoms with Crippen molar-refractivity contribution in [3.63, 3.8) is 0 Å². The van der Waals surface area contributed by atoms with E-state index in [4.69, 9.17) is 0 Å². The molecule has 0 aliphatic carbocycles. The van der Waals surface area contributed by atoms with E-state index in [1.165, 1.54) is 11.8 Å². The summed E-state index contributed by atoms with van der Waals surface area (Å²) in [5.41, 5.74) is 0.932. The van der Waals surface area contributed by atoms with E-state index in [0.717, 1.165) is 17.8 Å². The molecule has 0 unspecified atom stereocenters. The molecule has 0 spiro atoms. The highest BCUT2D eigenvalue weighted by Crippen LogP contribution is 2.26. The van der Waals surface area contributed by atoms with Gasteiger partial charge in [0.2, 0.25) is 5.91 Å². The van der Waals surface area contributed by atoms with Gasteiger partial charge >= 0.3 is 0 Å². The predicted molar refractivity (Wildman–Crippen MR) is 105 cm³/mol. The van der Waals surface area contributed by atoms with Crippen LogP contribution in [0.4, 0.5) is 5.82 Å². The second-order valence-electron chi connectivity index (χ2n) is 6.27. The van der Waals surface area contributed by atoms with Crippen LogP contribution in [0.3, 0.4) is 0 Å². The number of nitrogens with zero attached hydrogens (tertiary/aromatic N) is 6. The average molecular weight is 385 g/mol. The van der Waals surface area contributed by atoms with Crippen LogP contribution < -0.4 is 5.32 Å². The zero-order chi connectivity index (χ0) is 19.4. The first-order valence-corrected chi connectivity index (χ1v) is 9.70. The quantitative estimate of drug-likeness (QED) is 0.628. The number of hydrogen-bond donors (Lipinski definition) is 1. The number of carbonyl (C=O) groups is 1. The van der Waals surface area contributed by atoms with Gasteiger partial charge in [0.25, 0.3) is 0 Å². The van der Waals surface area contributed by atoms with Crippen LogP contribution in [0.5, 0.6) is 0 Å². The van der Waals surface area contributed by atoms with Gasteiger partial charge in [-0.25, -0.2) is 4.68 Å². The molecule has 1 N–H and O–H groups in total. The Morgan fingerprint density at radius 3 is 2.63 bits per heavy atom. The Kier molecular flexibility index (Phi) is 5.90. The lowest BCUT2D eigenvalue weighted by molar-refractivity contribution is -0.115. The second kappa shape index (κ2) is 8.34. The molecule has 3 heterocycles. The van der Waals surface area contributed by atoms with E-state index in [2.05, 4.69) is 39.4 Å². The van der Waals surface area contributed by atoms with Gasteiger partial charge in [-0.3, -0.25) is 9.78 Å². The van der Waals surface area contributed by atoms with Crippen molar-refractivity contribution in [3.8, 4) is 11.4 Å². The number of aromatic nitrogens is 6. The first kappa shape index (κ1) is 19.1. The van der Waals surface area contributed by atoms with Crippen molar-refractivity contribution in [3.05, 3.63) is 36.8 Å². The van der Waals surface area contributed by atoms with Crippen LogP contribution in [0.15, 0.2) is 41.9 Å². The Hall–Kier alpha value is -2.68. The van der Waals surface area contributed by atoms with Crippen LogP contribution in [0.1, 0.15) is 33.2 Å². The molecule has 0 radical (unpaired) electrons. The standard InChI is InChI=1S/C18H23N7OS/c1-5-12(2)25-15(8-11-20-25)21-17(26)13(3)27-18-23-22-16(24(18)4)14-6-9-19-10-7-14/h6-13H,5H2,1-4H3,(H,21,26)/t12-,13+/m0/s1. The summed E-state index contributed by atoms with van der Waals surface area (Å²) in [6, 6.07) is 5.79. The highest BCUT2D eigenvalue weighted by molar-refractivity contribution is 8.00. The van der Waals surface area contributed by atoms with Crippen molar-refractivity contribution in [1.82, 2.24) is 29.5 Å². The summed E-state index contributed by atoms with van der Waals surface area (Å²) >= 11 is 1.37. The third-order valence-electron chi connectivity index (χ3n) is 4.35. The van der Waals surface area contributed by atoms with Crippen molar-refractivity contribution in [2.45, 2.75) is 43.6 Å². The Balaban J connectivity index is 1.69. The Morgan fingerprint density at radius 1 is 1.19 bits per heavy atom. The number of anilines is 1. The number of thioether (sulfide) groups is 1. The fourth-order valence-corrected chi connectivity index (χ4v) is 3.36. The van der Waals surface area contributed by atoms with Gasteiger partial charge in [-0.15, -0.1) is 10.2 Å². The molecular formula is C18H23N7OS. The van der Waals surface area contributed by atoms with Crippen LogP contribution in [-0.4, -0.2) is 40.7 Å². The summed E-state index contributed by atoms with van der Waals surface area (Å²) in [4.78, 5) is 16.6. The van der Waals surface area contributed by atoms with Crippen molar-refractivity contribution < 1.29 is 4.79 Å². The number of rotatable bonds is 7. The SMILES string of the molecule is CC[C@H](C)n1nccc1NC(=O)[C@@H](C)Sc1nnc(-c2ccncc2)n1C. The topological polar surface area (TPSA) is 90.5 Å². The summed E-state index contributed by atoms with van der Waals surface area (Å²) in [7, 11) is 1.89. The van der Waals surface area contributed by atoms with Gasteiger partial charge in [0, 0.05) is 31.1 Å². The summed E-state index contributed by atoms with van der Waals surface area (Å²) in [5.74, 6) is 1.35. The van der Waals surface area contributed by atoms with Gasteiger partial charge in [-0.05, 0) is 32.4 Å². The fourth-order valence-electron chi connectivity index (χ4n) is 2.55. The Morgan fingerprint density at radius 2 is 1.93 bits per heavy atom. The molecule has 8 nitrogen and oxygen atoms in total. The maximum absolute atomic E-state index is 12.6. The molecule has 27 heavy (non-hydrogen) atoms. The van der Waals surface area contributed by atoms with Crippen LogP contribution in [0.25, 0.3) is 11.4 Å². The van der Waals surface area contributed by atoms with Gasteiger partial charge in [0.1, 0.15) is 5.82 Å². The van der Waals surface area contributed by atoms with Crippen molar-refractivity contribution >= 4 is 23.5 Å². The van der Waals surface area contributed by atoms with Crippen LogP contribution >= 0.6 is 11.8 Å². The number of nitrogens with one attached hydrogen (secondary N) is 1. The van der Waals surface area contributed by atoms with E-state index in [9.17, 15) is 4.79 Å². The third-order valence-corrected chi connectivity index (χ3v) is 5.49. The number of pyridine rings is 1. The predicted octanol–water partition coefficient (Wildman–Crippen LogP) is 3.16. The Bertz CT molecular complexity index is 906. The smallest absolute Gasteiger partial charge is 0.238 e. The summed E-state index contributed by atoms with van der Waals surface area (Å²) in [5, 5.41) is 16.1. The zero-order valence-electron chi connectivity index (χ0n) is 15.8. The molecule has 0 aromatic carbocycles. The molecule has 0 saturated heterocycles. The molecule has 0 aliphatic rings. The molecule has 1 amide bonds. The monoisotopic (exact) mass is 385 g/mol. The van der Waals surface area contributed by atoms with Crippen LogP contribution in [-0.2, 0) is 11.8 Å². The molecule has 9 heteroatoms. The van der Waals surface area contributed by atoms with Gasteiger partial charge in [0.15, 0.2) is 11.0 Å². The second-order valence-corrected chi connectivity index (χ2v) is 7.58. The van der Waals surface area contributed by atoms with Crippen LogP contribution in [0, 0.1) is 0 Å². The minimum atomic E-state index is -0.335. The molecule has 0 bridgehead atoms. The summed E-state index contributed by atoms with van der Waals surface area (Å²) in [6.45, 7) is 6.01. The lowest BCUT2D eigenvalue weighted by Crippen LogP contribution is -2.25. The highest BCUT2D eigenvalue weighted by atomic mass is 32.2. The van der Waals surface area contributed by atoms with Crippen molar-refractivity contribution in [2.75, 3.05) is 5.32 Å². The summed E-state index contributed by atoms with van der Waals surface area (Å²) < 4.78 is 3.71. The number of amides is 1. The van der Waals surface area contributed by atoms with Crippen molar-refractivity contribution in [1.29, 1.82) is 0 Å². The molecular weight excluding hydrogens is 362 g/mol.